The average molecular weight is 403 g/mol. The van der Waals surface area contributed by atoms with E-state index in [1.807, 2.05) is 42.5 Å². The number of allylic oxidation sites excluding steroid dienone is 2. The van der Waals surface area contributed by atoms with Crippen LogP contribution in [0.2, 0.25) is 5.02 Å². The van der Waals surface area contributed by atoms with E-state index in [1.165, 1.54) is 0 Å². The number of aliphatic carboxylic acids is 1. The Morgan fingerprint density at radius 3 is 2.54 bits per heavy atom. The molecule has 3 atom stereocenters. The van der Waals surface area contributed by atoms with Gasteiger partial charge in [-0.25, -0.2) is 0 Å². The van der Waals surface area contributed by atoms with Crippen molar-refractivity contribution in [2.75, 3.05) is 6.61 Å². The fourth-order valence-electron chi connectivity index (χ4n) is 3.25. The second kappa shape index (κ2) is 9.73. The van der Waals surface area contributed by atoms with Gasteiger partial charge in [0.1, 0.15) is 5.75 Å². The molecule has 5 nitrogen and oxygen atoms in total. The third-order valence-electron chi connectivity index (χ3n) is 4.69. The van der Waals surface area contributed by atoms with E-state index in [1.54, 1.807) is 18.2 Å². The fraction of sp³-hybridized carbons (Fsp3) is 0.318. The van der Waals surface area contributed by atoms with Crippen molar-refractivity contribution in [2.24, 2.45) is 5.92 Å². The van der Waals surface area contributed by atoms with Crippen molar-refractivity contribution < 1.29 is 24.5 Å². The molecule has 0 bridgehead atoms. The van der Waals surface area contributed by atoms with Crippen LogP contribution in [-0.2, 0) is 14.3 Å². The lowest BCUT2D eigenvalue weighted by Crippen LogP contribution is -2.30. The Bertz CT molecular complexity index is 835. The summed E-state index contributed by atoms with van der Waals surface area (Å²) in [4.78, 5) is 10.6. The van der Waals surface area contributed by atoms with Crippen LogP contribution in [0.5, 0.6) is 5.75 Å². The number of aromatic hydroxyl groups is 1. The van der Waals surface area contributed by atoms with Gasteiger partial charge >= 0.3 is 5.97 Å². The number of carbonyl (C=O) groups is 1. The van der Waals surface area contributed by atoms with Gasteiger partial charge in [-0.05, 0) is 25.0 Å². The number of rotatable bonds is 7. The standard InChI is InChI=1S/C22H23ClO5/c23-18-11-6-4-9-16(18)22-27-14-15(8-2-1-3-13-20(25)26)21(28-22)17-10-5-7-12-19(17)24/h1-2,4-7,9-12,15,21-22,24H,3,8,13-14H2,(H,25,26)/t15?,21-,22-/m0/s1. The molecule has 1 aliphatic rings. The predicted octanol–water partition coefficient (Wildman–Crippen LogP) is 5.26. The first kappa shape index (κ1) is 20.4. The van der Waals surface area contributed by atoms with E-state index >= 15 is 0 Å². The van der Waals surface area contributed by atoms with Crippen molar-refractivity contribution in [3.8, 4) is 5.75 Å². The summed E-state index contributed by atoms with van der Waals surface area (Å²) in [5.41, 5.74) is 1.45. The van der Waals surface area contributed by atoms with Gasteiger partial charge in [0.15, 0.2) is 6.29 Å². The number of hydrogen-bond donors (Lipinski definition) is 2. The first-order valence-corrected chi connectivity index (χ1v) is 9.60. The first-order valence-electron chi connectivity index (χ1n) is 9.22. The molecule has 0 aliphatic carbocycles. The molecule has 3 rings (SSSR count). The molecule has 2 aromatic carbocycles. The molecule has 6 heteroatoms. The van der Waals surface area contributed by atoms with Gasteiger partial charge < -0.3 is 19.7 Å². The Morgan fingerprint density at radius 2 is 1.82 bits per heavy atom. The van der Waals surface area contributed by atoms with Crippen molar-refractivity contribution >= 4 is 17.6 Å². The average Bonchev–Trinajstić information content (AvgIpc) is 2.68. The Balaban J connectivity index is 1.77. The summed E-state index contributed by atoms with van der Waals surface area (Å²) in [6.07, 6.45) is 4.04. The van der Waals surface area contributed by atoms with Gasteiger partial charge in [-0.3, -0.25) is 4.79 Å². The molecule has 148 valence electrons. The molecule has 1 unspecified atom stereocenters. The third kappa shape index (κ3) is 5.13. The number of para-hydroxylation sites is 1. The van der Waals surface area contributed by atoms with Gasteiger partial charge in [0.2, 0.25) is 0 Å². The Kier molecular flexibility index (Phi) is 7.09. The highest BCUT2D eigenvalue weighted by molar-refractivity contribution is 6.31. The number of halogens is 1. The quantitative estimate of drug-likeness (QED) is 0.618. The van der Waals surface area contributed by atoms with Gasteiger partial charge in [0.05, 0.1) is 12.7 Å². The van der Waals surface area contributed by atoms with Crippen LogP contribution >= 0.6 is 11.6 Å². The highest BCUT2D eigenvalue weighted by Gasteiger charge is 2.35. The lowest BCUT2D eigenvalue weighted by atomic mass is 9.91. The van der Waals surface area contributed by atoms with Crippen LogP contribution in [0.4, 0.5) is 0 Å². The highest BCUT2D eigenvalue weighted by atomic mass is 35.5. The van der Waals surface area contributed by atoms with Crippen LogP contribution in [0.25, 0.3) is 0 Å². The summed E-state index contributed by atoms with van der Waals surface area (Å²) in [5.74, 6) is -0.663. The van der Waals surface area contributed by atoms with Gasteiger partial charge in [0, 0.05) is 28.5 Å². The molecule has 0 amide bonds. The monoisotopic (exact) mass is 402 g/mol. The molecular formula is C22H23ClO5. The normalized spacial score (nSPS) is 22.4. The van der Waals surface area contributed by atoms with E-state index in [0.717, 1.165) is 5.56 Å². The molecule has 2 aromatic rings. The summed E-state index contributed by atoms with van der Waals surface area (Å²) in [7, 11) is 0. The highest BCUT2D eigenvalue weighted by Crippen LogP contribution is 2.43. The van der Waals surface area contributed by atoms with E-state index in [9.17, 15) is 9.90 Å². The zero-order valence-electron chi connectivity index (χ0n) is 15.3. The predicted molar refractivity (Wildman–Crippen MR) is 106 cm³/mol. The van der Waals surface area contributed by atoms with E-state index < -0.39 is 12.3 Å². The maximum absolute atomic E-state index is 10.6. The molecule has 1 fully saturated rings. The maximum atomic E-state index is 10.6. The summed E-state index contributed by atoms with van der Waals surface area (Å²) in [5, 5.41) is 19.6. The van der Waals surface area contributed by atoms with Gasteiger partial charge in [-0.15, -0.1) is 0 Å². The van der Waals surface area contributed by atoms with Crippen molar-refractivity contribution in [1.29, 1.82) is 0 Å². The minimum atomic E-state index is -0.816. The van der Waals surface area contributed by atoms with Crippen molar-refractivity contribution in [2.45, 2.75) is 31.7 Å². The number of carboxylic acid groups (broad SMARTS) is 1. The Morgan fingerprint density at radius 1 is 1.11 bits per heavy atom. The second-order valence-corrected chi connectivity index (χ2v) is 7.11. The van der Waals surface area contributed by atoms with Crippen LogP contribution in [-0.4, -0.2) is 22.8 Å². The Hall–Kier alpha value is -2.34. The Labute approximate surface area is 169 Å². The van der Waals surface area contributed by atoms with E-state index in [-0.39, 0.29) is 24.2 Å². The summed E-state index contributed by atoms with van der Waals surface area (Å²) in [6, 6.07) is 14.5. The lowest BCUT2D eigenvalue weighted by molar-refractivity contribution is -0.244. The minimum Gasteiger partial charge on any atom is -0.508 e. The molecule has 28 heavy (non-hydrogen) atoms. The van der Waals surface area contributed by atoms with Crippen LogP contribution in [0, 0.1) is 5.92 Å². The largest absolute Gasteiger partial charge is 0.508 e. The molecule has 1 saturated heterocycles. The van der Waals surface area contributed by atoms with Crippen molar-refractivity contribution in [1.82, 2.24) is 0 Å². The molecule has 0 radical (unpaired) electrons. The fourth-order valence-corrected chi connectivity index (χ4v) is 3.48. The molecular weight excluding hydrogens is 380 g/mol. The minimum absolute atomic E-state index is 0.0203. The molecule has 0 saturated carbocycles. The number of benzene rings is 2. The van der Waals surface area contributed by atoms with Gasteiger partial charge in [-0.1, -0.05) is 60.2 Å². The van der Waals surface area contributed by atoms with Crippen LogP contribution in [0.1, 0.15) is 42.8 Å². The molecule has 0 aromatic heterocycles. The number of ether oxygens (including phenoxy) is 2. The third-order valence-corrected chi connectivity index (χ3v) is 5.04. The number of phenols is 1. The van der Waals surface area contributed by atoms with E-state index in [0.29, 0.717) is 30.0 Å². The summed E-state index contributed by atoms with van der Waals surface area (Å²) in [6.45, 7) is 0.429. The molecule has 2 N–H and O–H groups in total. The van der Waals surface area contributed by atoms with Crippen molar-refractivity contribution in [3.63, 3.8) is 0 Å². The SMILES string of the molecule is O=C(O)CCC=CCC1CO[C@H](c2ccccc2Cl)O[C@@H]1c1ccccc1O. The van der Waals surface area contributed by atoms with Crippen LogP contribution in [0.15, 0.2) is 60.7 Å². The topological polar surface area (TPSA) is 76.0 Å². The smallest absolute Gasteiger partial charge is 0.303 e. The van der Waals surface area contributed by atoms with Gasteiger partial charge in [0.25, 0.3) is 0 Å². The van der Waals surface area contributed by atoms with Crippen molar-refractivity contribution in [3.05, 3.63) is 76.8 Å². The summed E-state index contributed by atoms with van der Waals surface area (Å²) < 4.78 is 12.2. The van der Waals surface area contributed by atoms with E-state index in [2.05, 4.69) is 0 Å². The van der Waals surface area contributed by atoms with Crippen LogP contribution < -0.4 is 0 Å². The molecule has 0 spiro atoms. The zero-order chi connectivity index (χ0) is 19.9. The number of phenolic OH excluding ortho intramolecular Hbond substituents is 1. The maximum Gasteiger partial charge on any atom is 0.303 e. The number of hydrogen-bond acceptors (Lipinski definition) is 4. The first-order chi connectivity index (χ1) is 13.6. The second-order valence-electron chi connectivity index (χ2n) is 6.70. The van der Waals surface area contributed by atoms with E-state index in [4.69, 9.17) is 26.2 Å². The number of carboxylic acids is 1. The zero-order valence-corrected chi connectivity index (χ0v) is 16.1. The van der Waals surface area contributed by atoms with Gasteiger partial charge in [-0.2, -0.15) is 0 Å². The lowest BCUT2D eigenvalue weighted by Gasteiger charge is -2.37. The van der Waals surface area contributed by atoms with Crippen LogP contribution in [0.3, 0.4) is 0 Å². The molecule has 1 aliphatic heterocycles. The molecule has 1 heterocycles. The summed E-state index contributed by atoms with van der Waals surface area (Å²) >= 11 is 6.29.